The Morgan fingerprint density at radius 2 is 1.88 bits per heavy atom. The zero-order valence-electron chi connectivity index (χ0n) is 11.0. The van der Waals surface area contributed by atoms with Crippen molar-refractivity contribution in [3.63, 3.8) is 0 Å². The summed E-state index contributed by atoms with van der Waals surface area (Å²) in [6, 6.07) is 0.454. The highest BCUT2D eigenvalue weighted by Crippen LogP contribution is 2.30. The molecule has 1 saturated carbocycles. The summed E-state index contributed by atoms with van der Waals surface area (Å²) in [4.78, 5) is 0. The summed E-state index contributed by atoms with van der Waals surface area (Å²) in [6.45, 7) is 3.88. The molecule has 0 amide bonds. The van der Waals surface area contributed by atoms with Crippen molar-refractivity contribution in [2.45, 2.75) is 55.6 Å². The van der Waals surface area contributed by atoms with Crippen molar-refractivity contribution >= 4 is 10.8 Å². The molecule has 17 heavy (non-hydrogen) atoms. The third-order valence-electron chi connectivity index (χ3n) is 4.22. The maximum Gasteiger partial charge on any atom is 0.0506 e. The van der Waals surface area contributed by atoms with Crippen molar-refractivity contribution in [1.29, 1.82) is 0 Å². The van der Waals surface area contributed by atoms with Gasteiger partial charge in [-0.3, -0.25) is 4.21 Å². The lowest BCUT2D eigenvalue weighted by atomic mass is 9.87. The molecule has 4 heteroatoms. The fourth-order valence-corrected chi connectivity index (χ4v) is 5.34. The van der Waals surface area contributed by atoms with Crippen LogP contribution < -0.4 is 5.32 Å². The van der Waals surface area contributed by atoms with Crippen LogP contribution in [0.25, 0.3) is 0 Å². The van der Waals surface area contributed by atoms with Gasteiger partial charge in [0.15, 0.2) is 0 Å². The Balaban J connectivity index is 1.99. The third-order valence-corrected chi connectivity index (χ3v) is 6.47. The molecule has 1 aliphatic heterocycles. The van der Waals surface area contributed by atoms with Gasteiger partial charge in [-0.05, 0) is 45.1 Å². The predicted molar refractivity (Wildman–Crippen MR) is 71.6 cm³/mol. The summed E-state index contributed by atoms with van der Waals surface area (Å²) in [5.74, 6) is 0.730. The Morgan fingerprint density at radius 3 is 2.53 bits per heavy atom. The van der Waals surface area contributed by atoms with Crippen LogP contribution >= 0.6 is 0 Å². The summed E-state index contributed by atoms with van der Waals surface area (Å²) in [6.07, 6.45) is 5.53. The van der Waals surface area contributed by atoms with Crippen LogP contribution in [0.5, 0.6) is 0 Å². The number of hydrogen-bond donors (Lipinski definition) is 1. The van der Waals surface area contributed by atoms with Gasteiger partial charge in [-0.15, -0.1) is 0 Å². The third kappa shape index (κ3) is 3.30. The van der Waals surface area contributed by atoms with Crippen LogP contribution in [0, 0.1) is 5.92 Å². The minimum absolute atomic E-state index is 0.354. The van der Waals surface area contributed by atoms with Crippen LogP contribution in [-0.2, 0) is 15.5 Å². The Kier molecular flexibility index (Phi) is 5.00. The second kappa shape index (κ2) is 6.30. The molecule has 0 bridgehead atoms. The number of ether oxygens (including phenoxy) is 1. The first-order valence-corrected chi connectivity index (χ1v) is 8.14. The fraction of sp³-hybridized carbons (Fsp3) is 1.00. The highest BCUT2D eigenvalue weighted by Gasteiger charge is 2.35. The number of nitrogens with one attached hydrogen (secondary N) is 1. The molecule has 0 spiro atoms. The smallest absolute Gasteiger partial charge is 0.0506 e. The van der Waals surface area contributed by atoms with Crippen LogP contribution in [0.15, 0.2) is 0 Å². The van der Waals surface area contributed by atoms with Gasteiger partial charge in [-0.25, -0.2) is 0 Å². The largest absolute Gasteiger partial charge is 0.381 e. The average Bonchev–Trinajstić information content (AvgIpc) is 2.39. The van der Waals surface area contributed by atoms with Crippen LogP contribution in [0.2, 0.25) is 0 Å². The highest BCUT2D eigenvalue weighted by atomic mass is 32.2. The molecule has 2 aliphatic rings. The lowest BCUT2D eigenvalue weighted by Gasteiger charge is -2.36. The van der Waals surface area contributed by atoms with E-state index in [1.165, 1.54) is 12.8 Å². The molecular weight excluding hydrogens is 234 g/mol. The second-order valence-electron chi connectivity index (χ2n) is 5.49. The molecule has 4 unspecified atom stereocenters. The number of hydrogen-bond acceptors (Lipinski definition) is 3. The first-order valence-electron chi connectivity index (χ1n) is 6.86. The van der Waals surface area contributed by atoms with Crippen molar-refractivity contribution in [3.05, 3.63) is 0 Å². The van der Waals surface area contributed by atoms with E-state index < -0.39 is 10.8 Å². The Labute approximate surface area is 107 Å². The molecule has 1 N–H and O–H groups in total. The summed E-state index contributed by atoms with van der Waals surface area (Å²) in [7, 11) is 1.32. The molecule has 0 radical (unpaired) electrons. The van der Waals surface area contributed by atoms with Crippen molar-refractivity contribution in [1.82, 2.24) is 5.32 Å². The minimum atomic E-state index is -0.686. The maximum absolute atomic E-state index is 12.7. The van der Waals surface area contributed by atoms with Crippen LogP contribution in [0.1, 0.15) is 39.0 Å². The fourth-order valence-electron chi connectivity index (χ4n) is 3.07. The van der Waals surface area contributed by atoms with Crippen molar-refractivity contribution < 1.29 is 8.95 Å². The predicted octanol–water partition coefficient (Wildman–Crippen LogP) is 1.69. The van der Waals surface area contributed by atoms with Gasteiger partial charge < -0.3 is 10.1 Å². The zero-order chi connectivity index (χ0) is 12.3. The minimum Gasteiger partial charge on any atom is -0.381 e. The molecule has 3 nitrogen and oxygen atoms in total. The standard InChI is InChI=1S/C13H25NO2S/c1-10-3-4-12(14-2)13(9-10)17(15)11-5-7-16-8-6-11/h10-14H,3-9H2,1-2H3. The molecule has 100 valence electrons. The second-order valence-corrected chi connectivity index (χ2v) is 7.42. The van der Waals surface area contributed by atoms with Gasteiger partial charge >= 0.3 is 0 Å². The summed E-state index contributed by atoms with van der Waals surface area (Å²) >= 11 is 0. The van der Waals surface area contributed by atoms with Crippen molar-refractivity contribution in [2.24, 2.45) is 5.92 Å². The van der Waals surface area contributed by atoms with E-state index in [0.29, 0.717) is 16.5 Å². The zero-order valence-corrected chi connectivity index (χ0v) is 11.8. The molecule has 1 saturated heterocycles. The van der Waals surface area contributed by atoms with E-state index in [0.717, 1.165) is 38.4 Å². The summed E-state index contributed by atoms with van der Waals surface area (Å²) in [5.41, 5.74) is 0. The summed E-state index contributed by atoms with van der Waals surface area (Å²) < 4.78 is 18.0. The maximum atomic E-state index is 12.7. The molecule has 1 aliphatic carbocycles. The molecule has 2 fully saturated rings. The van der Waals surface area contributed by atoms with Gasteiger partial charge in [0.25, 0.3) is 0 Å². The normalized spacial score (nSPS) is 37.9. The Bertz CT molecular complexity index is 266. The van der Waals surface area contributed by atoms with Gasteiger partial charge in [0.2, 0.25) is 0 Å². The lowest BCUT2D eigenvalue weighted by molar-refractivity contribution is 0.0988. The van der Waals surface area contributed by atoms with Crippen LogP contribution in [0.3, 0.4) is 0 Å². The van der Waals surface area contributed by atoms with E-state index in [1.54, 1.807) is 0 Å². The molecule has 0 aromatic rings. The topological polar surface area (TPSA) is 38.3 Å². The quantitative estimate of drug-likeness (QED) is 0.838. The van der Waals surface area contributed by atoms with Gasteiger partial charge in [0, 0.05) is 35.3 Å². The van der Waals surface area contributed by atoms with Gasteiger partial charge in [0.1, 0.15) is 0 Å². The van der Waals surface area contributed by atoms with Gasteiger partial charge in [-0.1, -0.05) is 6.92 Å². The average molecular weight is 259 g/mol. The molecule has 1 heterocycles. The Hall–Kier alpha value is 0.0700. The van der Waals surface area contributed by atoms with E-state index in [-0.39, 0.29) is 0 Å². The Morgan fingerprint density at radius 1 is 1.18 bits per heavy atom. The van der Waals surface area contributed by atoms with E-state index in [4.69, 9.17) is 4.74 Å². The van der Waals surface area contributed by atoms with Crippen molar-refractivity contribution in [2.75, 3.05) is 20.3 Å². The SMILES string of the molecule is CNC1CCC(C)CC1S(=O)C1CCOCC1. The monoisotopic (exact) mass is 259 g/mol. The lowest BCUT2D eigenvalue weighted by Crippen LogP contribution is -2.47. The molecule has 0 aromatic heterocycles. The first-order chi connectivity index (χ1) is 8.22. The highest BCUT2D eigenvalue weighted by molar-refractivity contribution is 7.86. The van der Waals surface area contributed by atoms with Crippen LogP contribution in [-0.4, -0.2) is 41.0 Å². The van der Waals surface area contributed by atoms with Crippen molar-refractivity contribution in [3.8, 4) is 0 Å². The summed E-state index contributed by atoms with van der Waals surface area (Å²) in [5, 5.41) is 4.09. The molecule has 0 aromatic carbocycles. The van der Waals surface area contributed by atoms with E-state index in [9.17, 15) is 4.21 Å². The van der Waals surface area contributed by atoms with E-state index in [2.05, 4.69) is 12.2 Å². The van der Waals surface area contributed by atoms with E-state index in [1.807, 2.05) is 7.05 Å². The van der Waals surface area contributed by atoms with Gasteiger partial charge in [0.05, 0.1) is 5.25 Å². The van der Waals surface area contributed by atoms with Gasteiger partial charge in [-0.2, -0.15) is 0 Å². The molecule has 2 rings (SSSR count). The molecular formula is C13H25NO2S. The first kappa shape index (κ1) is 13.5. The molecule has 4 atom stereocenters. The van der Waals surface area contributed by atoms with Crippen LogP contribution in [0.4, 0.5) is 0 Å². The number of rotatable bonds is 3. The van der Waals surface area contributed by atoms with E-state index >= 15 is 0 Å².